The molecule has 4 rings (SSSR count). The number of carbonyl (C=O) groups excluding carboxylic acids is 3. The van der Waals surface area contributed by atoms with E-state index in [9.17, 15) is 19.2 Å². The van der Waals surface area contributed by atoms with E-state index >= 15 is 0 Å². The van der Waals surface area contributed by atoms with Crippen LogP contribution in [0.4, 0.5) is 4.79 Å². The number of alkyl carbamates (subject to hydrolysis) is 1. The van der Waals surface area contributed by atoms with E-state index in [2.05, 4.69) is 5.32 Å². The fraction of sp³-hybridized carbons (Fsp3) is 0.600. The van der Waals surface area contributed by atoms with Gasteiger partial charge >= 0.3 is 12.1 Å². The van der Waals surface area contributed by atoms with Gasteiger partial charge in [-0.2, -0.15) is 0 Å². The smallest absolute Gasteiger partial charge is 0.408 e. The Balaban J connectivity index is 1.69. The summed E-state index contributed by atoms with van der Waals surface area (Å²) in [4.78, 5) is 52.5. The number of carbonyl (C=O) groups is 3. The second-order valence-electron chi connectivity index (χ2n) is 14.6. The number of hydrogen-bond donors (Lipinski definition) is 1. The quantitative estimate of drug-likeness (QED) is 0.218. The number of aromatic nitrogens is 1. The third-order valence-corrected chi connectivity index (χ3v) is 8.68. The van der Waals surface area contributed by atoms with Crippen LogP contribution in [0.5, 0.6) is 0 Å². The van der Waals surface area contributed by atoms with Gasteiger partial charge in [0, 0.05) is 35.5 Å². The highest BCUT2D eigenvalue weighted by atomic mass is 35.5. The molecule has 1 heterocycles. The van der Waals surface area contributed by atoms with Crippen LogP contribution in [0, 0.1) is 5.92 Å². The molecule has 45 heavy (non-hydrogen) atoms. The largest absolute Gasteiger partial charge is 0.458 e. The maximum absolute atomic E-state index is 13.8. The number of nitrogens with zero attached hydrogens (tertiary/aromatic N) is 1. The van der Waals surface area contributed by atoms with Crippen LogP contribution in [0.15, 0.2) is 35.3 Å². The zero-order valence-electron chi connectivity index (χ0n) is 27.5. The van der Waals surface area contributed by atoms with Crippen molar-refractivity contribution in [2.75, 3.05) is 7.11 Å². The monoisotopic (exact) mass is 642 g/mol. The van der Waals surface area contributed by atoms with E-state index in [-0.39, 0.29) is 17.6 Å². The van der Waals surface area contributed by atoms with Crippen molar-refractivity contribution in [2.45, 2.75) is 122 Å². The van der Waals surface area contributed by atoms with E-state index in [0.29, 0.717) is 35.3 Å². The highest BCUT2D eigenvalue weighted by Crippen LogP contribution is 2.42. The van der Waals surface area contributed by atoms with Crippen LogP contribution in [-0.4, -0.2) is 52.9 Å². The van der Waals surface area contributed by atoms with Gasteiger partial charge in [0.1, 0.15) is 17.2 Å². The van der Waals surface area contributed by atoms with Crippen LogP contribution in [0.2, 0.25) is 5.02 Å². The molecule has 2 fully saturated rings. The van der Waals surface area contributed by atoms with Gasteiger partial charge in [0.05, 0.1) is 6.10 Å². The van der Waals surface area contributed by atoms with Crippen molar-refractivity contribution >= 4 is 29.9 Å². The molecular weight excluding hydrogens is 596 g/mol. The number of ether oxygens (including phenoxy) is 3. The molecule has 1 unspecified atom stereocenters. The lowest BCUT2D eigenvalue weighted by Gasteiger charge is -2.31. The first-order valence-electron chi connectivity index (χ1n) is 15.8. The summed E-state index contributed by atoms with van der Waals surface area (Å²) in [5, 5.41) is 3.46. The molecule has 0 bridgehead atoms. The highest BCUT2D eigenvalue weighted by molar-refractivity contribution is 6.31. The van der Waals surface area contributed by atoms with Crippen LogP contribution in [-0.2, 0) is 25.4 Å². The molecular formula is C35H47ClN2O7. The minimum atomic E-state index is -0.889. The van der Waals surface area contributed by atoms with Crippen LogP contribution < -0.4 is 10.9 Å². The summed E-state index contributed by atoms with van der Waals surface area (Å²) in [5.41, 5.74) is -0.178. The second-order valence-corrected chi connectivity index (χ2v) is 15.0. The molecule has 1 aromatic carbocycles. The van der Waals surface area contributed by atoms with Crippen molar-refractivity contribution in [3.63, 3.8) is 0 Å². The molecule has 1 N–H and O–H groups in total. The van der Waals surface area contributed by atoms with E-state index in [4.69, 9.17) is 25.8 Å². The van der Waals surface area contributed by atoms with Crippen molar-refractivity contribution < 1.29 is 28.6 Å². The summed E-state index contributed by atoms with van der Waals surface area (Å²) in [5.74, 6) is -0.303. The van der Waals surface area contributed by atoms with Crippen molar-refractivity contribution in [1.82, 2.24) is 9.88 Å². The number of amides is 1. The Kier molecular flexibility index (Phi) is 10.5. The first-order valence-corrected chi connectivity index (χ1v) is 16.2. The third-order valence-electron chi connectivity index (χ3n) is 8.45. The first kappa shape index (κ1) is 34.7. The fourth-order valence-corrected chi connectivity index (χ4v) is 6.25. The number of methoxy groups -OCH3 is 1. The summed E-state index contributed by atoms with van der Waals surface area (Å²) < 4.78 is 18.1. The van der Waals surface area contributed by atoms with E-state index < -0.39 is 40.4 Å². The lowest BCUT2D eigenvalue weighted by molar-refractivity contribution is -0.160. The van der Waals surface area contributed by atoms with Gasteiger partial charge in [-0.3, -0.25) is 9.59 Å². The molecule has 1 atom stereocenters. The fourth-order valence-electron chi connectivity index (χ4n) is 6.08. The minimum Gasteiger partial charge on any atom is -0.458 e. The number of rotatable bonds is 10. The molecule has 10 heteroatoms. The highest BCUT2D eigenvalue weighted by Gasteiger charge is 2.45. The van der Waals surface area contributed by atoms with Gasteiger partial charge in [0.2, 0.25) is 0 Å². The number of esters is 1. The van der Waals surface area contributed by atoms with Crippen molar-refractivity contribution in [3.8, 4) is 11.1 Å². The van der Waals surface area contributed by atoms with Gasteiger partial charge in [-0.15, -0.1) is 0 Å². The predicted octanol–water partition coefficient (Wildman–Crippen LogP) is 7.06. The third kappa shape index (κ3) is 9.42. The Hall–Kier alpha value is -3.17. The molecule has 2 aliphatic rings. The Morgan fingerprint density at radius 2 is 1.67 bits per heavy atom. The predicted molar refractivity (Wildman–Crippen MR) is 174 cm³/mol. The van der Waals surface area contributed by atoms with Gasteiger partial charge < -0.3 is 24.1 Å². The maximum atomic E-state index is 13.8. The summed E-state index contributed by atoms with van der Waals surface area (Å²) in [6.07, 6.45) is 7.80. The molecule has 246 valence electrons. The second kappa shape index (κ2) is 13.7. The van der Waals surface area contributed by atoms with Crippen LogP contribution >= 0.6 is 11.6 Å². The van der Waals surface area contributed by atoms with Crippen LogP contribution in [0.1, 0.15) is 108 Å². The summed E-state index contributed by atoms with van der Waals surface area (Å²) >= 11 is 6.43. The normalized spacial score (nSPS) is 20.2. The molecule has 2 aromatic rings. The number of hydrogen-bond acceptors (Lipinski definition) is 7. The average molecular weight is 643 g/mol. The molecule has 1 aromatic heterocycles. The van der Waals surface area contributed by atoms with Crippen LogP contribution in [0.3, 0.4) is 0 Å². The SMILES string of the molecule is CO[C@H]1CC[C@H](CC(C(=O)OC(C)(C)C)n2cc(C=O)c(-c3cc(Cl)ccc3CC3(NC(=O)OC(C)(C)C)CC3)cc2=O)CC1. The van der Waals surface area contributed by atoms with Gasteiger partial charge in [-0.25, -0.2) is 9.59 Å². The lowest BCUT2D eigenvalue weighted by atomic mass is 9.83. The maximum Gasteiger partial charge on any atom is 0.408 e. The zero-order valence-corrected chi connectivity index (χ0v) is 28.3. The lowest BCUT2D eigenvalue weighted by Crippen LogP contribution is -2.42. The Morgan fingerprint density at radius 1 is 1.02 bits per heavy atom. The van der Waals surface area contributed by atoms with Crippen LogP contribution in [0.25, 0.3) is 11.1 Å². The topological polar surface area (TPSA) is 113 Å². The molecule has 0 radical (unpaired) electrons. The Bertz CT molecular complexity index is 1460. The van der Waals surface area contributed by atoms with Crippen molar-refractivity contribution in [2.24, 2.45) is 5.92 Å². The zero-order chi connectivity index (χ0) is 33.2. The van der Waals surface area contributed by atoms with Gasteiger partial charge in [-0.1, -0.05) is 17.7 Å². The molecule has 2 aliphatic carbocycles. The summed E-state index contributed by atoms with van der Waals surface area (Å²) in [6, 6.07) is 5.85. The van der Waals surface area contributed by atoms with Crippen molar-refractivity contribution in [1.29, 1.82) is 0 Å². The van der Waals surface area contributed by atoms with Gasteiger partial charge in [0.25, 0.3) is 5.56 Å². The molecule has 0 saturated heterocycles. The molecule has 1 amide bonds. The standard InChI is InChI=1S/C35H47ClN2O7/c1-33(2,3)44-31(41)29(16-22-8-12-26(43-7)13-9-22)38-20-24(21-39)28(18-30(38)40)27-17-25(36)11-10-23(27)19-35(14-15-35)37-32(42)45-34(4,5)6/h10-11,17-18,20-22,26,29H,8-9,12-16,19H2,1-7H3,(H,37,42)/t22-,26-,29?. The Morgan fingerprint density at radius 3 is 2.22 bits per heavy atom. The molecule has 0 aliphatic heterocycles. The van der Waals surface area contributed by atoms with E-state index in [1.807, 2.05) is 26.8 Å². The number of nitrogens with one attached hydrogen (secondary N) is 1. The molecule has 0 spiro atoms. The molecule has 2 saturated carbocycles. The Labute approximate surface area is 271 Å². The number of aldehydes is 1. The summed E-state index contributed by atoms with van der Waals surface area (Å²) in [7, 11) is 1.71. The van der Waals surface area contributed by atoms with E-state index in [1.54, 1.807) is 40.0 Å². The average Bonchev–Trinajstić information content (AvgIpc) is 3.69. The number of halogens is 1. The minimum absolute atomic E-state index is 0.200. The first-order chi connectivity index (χ1) is 21.0. The number of pyridine rings is 1. The van der Waals surface area contributed by atoms with Crippen molar-refractivity contribution in [3.05, 3.63) is 57.0 Å². The van der Waals surface area contributed by atoms with E-state index in [1.165, 1.54) is 16.8 Å². The van der Waals surface area contributed by atoms with Gasteiger partial charge in [-0.05, 0) is 128 Å². The van der Waals surface area contributed by atoms with E-state index in [0.717, 1.165) is 44.1 Å². The summed E-state index contributed by atoms with van der Waals surface area (Å²) in [6.45, 7) is 10.8. The molecule has 9 nitrogen and oxygen atoms in total. The number of benzene rings is 1. The van der Waals surface area contributed by atoms with Gasteiger partial charge in [0.15, 0.2) is 6.29 Å².